The molecule has 0 aliphatic carbocycles. The minimum absolute atomic E-state index is 0.0593. The molecule has 27 heavy (non-hydrogen) atoms. The fraction of sp³-hybridized carbons (Fsp3) is 0.286. The van der Waals surface area contributed by atoms with Crippen LogP contribution in [0.15, 0.2) is 53.1 Å². The van der Waals surface area contributed by atoms with Gasteiger partial charge < -0.3 is 9.42 Å². The Morgan fingerprint density at radius 2 is 2.04 bits per heavy atom. The van der Waals surface area contributed by atoms with Gasteiger partial charge in [0.2, 0.25) is 17.6 Å². The van der Waals surface area contributed by atoms with Crippen molar-refractivity contribution < 1.29 is 9.32 Å². The van der Waals surface area contributed by atoms with Gasteiger partial charge in [0.25, 0.3) is 0 Å². The first-order valence-corrected chi connectivity index (χ1v) is 9.39. The zero-order valence-electron chi connectivity index (χ0n) is 15.1. The molecule has 0 saturated carbocycles. The lowest BCUT2D eigenvalue weighted by atomic mass is 10.1. The highest BCUT2D eigenvalue weighted by molar-refractivity contribution is 6.30. The number of likely N-dealkylation sites (tertiary alicyclic amines) is 1. The molecule has 4 rings (SSSR count). The highest BCUT2D eigenvalue weighted by atomic mass is 35.5. The summed E-state index contributed by atoms with van der Waals surface area (Å²) in [6.45, 7) is 3.38. The van der Waals surface area contributed by atoms with E-state index in [4.69, 9.17) is 16.1 Å². The van der Waals surface area contributed by atoms with Gasteiger partial charge in [0.1, 0.15) is 0 Å². The largest absolute Gasteiger partial charge is 0.342 e. The highest BCUT2D eigenvalue weighted by Gasteiger charge is 2.34. The monoisotopic (exact) mass is 381 g/mol. The zero-order valence-corrected chi connectivity index (χ0v) is 15.8. The third kappa shape index (κ3) is 4.03. The van der Waals surface area contributed by atoms with Crippen molar-refractivity contribution in [2.75, 3.05) is 13.1 Å². The van der Waals surface area contributed by atoms with Gasteiger partial charge in [-0.3, -0.25) is 4.79 Å². The maximum atomic E-state index is 12.4. The summed E-state index contributed by atoms with van der Waals surface area (Å²) in [5.74, 6) is 1.08. The van der Waals surface area contributed by atoms with E-state index in [1.54, 1.807) is 12.1 Å². The summed E-state index contributed by atoms with van der Waals surface area (Å²) in [6, 6.07) is 15.7. The summed E-state index contributed by atoms with van der Waals surface area (Å²) in [6.07, 6.45) is 1.25. The van der Waals surface area contributed by atoms with Crippen molar-refractivity contribution in [3.05, 3.63) is 70.6 Å². The Bertz CT molecular complexity index is 952. The van der Waals surface area contributed by atoms with E-state index in [0.29, 0.717) is 36.2 Å². The van der Waals surface area contributed by atoms with Gasteiger partial charge in [0, 0.05) is 30.1 Å². The van der Waals surface area contributed by atoms with Crippen molar-refractivity contribution in [3.63, 3.8) is 0 Å². The molecule has 6 heteroatoms. The molecule has 1 aromatic heterocycles. The number of aromatic nitrogens is 2. The van der Waals surface area contributed by atoms with E-state index in [-0.39, 0.29) is 11.8 Å². The Morgan fingerprint density at radius 3 is 2.81 bits per heavy atom. The first kappa shape index (κ1) is 17.7. The summed E-state index contributed by atoms with van der Waals surface area (Å²) in [5.41, 5.74) is 3.28. The average Bonchev–Trinajstić information content (AvgIpc) is 3.28. The van der Waals surface area contributed by atoms with Crippen LogP contribution in [0, 0.1) is 6.92 Å². The molecular formula is C21H20ClN3O2. The molecule has 0 spiro atoms. The van der Waals surface area contributed by atoms with E-state index in [1.165, 1.54) is 11.1 Å². The number of hydrogen-bond acceptors (Lipinski definition) is 4. The SMILES string of the molecule is Cc1ccc(CCN2CC(c3nc(-c4cccc(Cl)c4)no3)CC2=O)cc1. The molecule has 0 radical (unpaired) electrons. The molecule has 1 aliphatic rings. The third-order valence-corrected chi connectivity index (χ3v) is 5.11. The lowest BCUT2D eigenvalue weighted by Crippen LogP contribution is -2.27. The molecule has 138 valence electrons. The molecule has 2 heterocycles. The summed E-state index contributed by atoms with van der Waals surface area (Å²) in [7, 11) is 0. The number of benzene rings is 2. The number of nitrogens with zero attached hydrogens (tertiary/aromatic N) is 3. The van der Waals surface area contributed by atoms with Gasteiger partial charge in [-0.2, -0.15) is 4.98 Å². The van der Waals surface area contributed by atoms with E-state index in [0.717, 1.165) is 12.0 Å². The fourth-order valence-corrected chi connectivity index (χ4v) is 3.51. The highest BCUT2D eigenvalue weighted by Crippen LogP contribution is 2.29. The molecule has 0 bridgehead atoms. The Morgan fingerprint density at radius 1 is 1.22 bits per heavy atom. The number of aryl methyl sites for hydroxylation is 1. The maximum Gasteiger partial charge on any atom is 0.232 e. The predicted octanol–water partition coefficient (Wildman–Crippen LogP) is 4.26. The van der Waals surface area contributed by atoms with E-state index < -0.39 is 0 Å². The number of amides is 1. The van der Waals surface area contributed by atoms with Gasteiger partial charge in [-0.05, 0) is 31.0 Å². The maximum absolute atomic E-state index is 12.4. The van der Waals surface area contributed by atoms with Gasteiger partial charge in [-0.25, -0.2) is 0 Å². The molecule has 1 fully saturated rings. The van der Waals surface area contributed by atoms with Crippen molar-refractivity contribution in [1.82, 2.24) is 15.0 Å². The molecule has 1 atom stereocenters. The van der Waals surface area contributed by atoms with E-state index in [1.807, 2.05) is 17.0 Å². The molecular weight excluding hydrogens is 362 g/mol. The number of rotatable bonds is 5. The first-order valence-electron chi connectivity index (χ1n) is 9.01. The molecule has 5 nitrogen and oxygen atoms in total. The van der Waals surface area contributed by atoms with Crippen LogP contribution in [0.3, 0.4) is 0 Å². The summed E-state index contributed by atoms with van der Waals surface area (Å²) < 4.78 is 5.43. The smallest absolute Gasteiger partial charge is 0.232 e. The van der Waals surface area contributed by atoms with Crippen molar-refractivity contribution >= 4 is 17.5 Å². The van der Waals surface area contributed by atoms with Gasteiger partial charge in [0.05, 0.1) is 5.92 Å². The van der Waals surface area contributed by atoms with Crippen molar-refractivity contribution in [3.8, 4) is 11.4 Å². The normalized spacial score (nSPS) is 16.9. The van der Waals surface area contributed by atoms with E-state index in [2.05, 4.69) is 41.3 Å². The van der Waals surface area contributed by atoms with Crippen LogP contribution in [0.1, 0.15) is 29.4 Å². The molecule has 0 N–H and O–H groups in total. The van der Waals surface area contributed by atoms with Crippen LogP contribution in [-0.4, -0.2) is 34.0 Å². The van der Waals surface area contributed by atoms with Crippen LogP contribution in [0.25, 0.3) is 11.4 Å². The number of carbonyl (C=O) groups is 1. The standard InChI is InChI=1S/C21H20ClN3O2/c1-14-5-7-15(8-6-14)9-10-25-13-17(12-19(25)26)21-23-20(24-27-21)16-3-2-4-18(22)11-16/h2-8,11,17H,9-10,12-13H2,1H3. The first-order chi connectivity index (χ1) is 13.1. The molecule has 1 saturated heterocycles. The Kier molecular flexibility index (Phi) is 4.94. The average molecular weight is 382 g/mol. The lowest BCUT2D eigenvalue weighted by molar-refractivity contribution is -0.127. The summed E-state index contributed by atoms with van der Waals surface area (Å²) >= 11 is 6.02. The molecule has 1 amide bonds. The minimum Gasteiger partial charge on any atom is -0.342 e. The van der Waals surface area contributed by atoms with Gasteiger partial charge in [-0.1, -0.05) is 58.7 Å². The van der Waals surface area contributed by atoms with Crippen molar-refractivity contribution in [2.24, 2.45) is 0 Å². The van der Waals surface area contributed by atoms with Crippen LogP contribution in [0.4, 0.5) is 0 Å². The van der Waals surface area contributed by atoms with Crippen molar-refractivity contribution in [2.45, 2.75) is 25.7 Å². The topological polar surface area (TPSA) is 59.2 Å². The van der Waals surface area contributed by atoms with E-state index in [9.17, 15) is 4.79 Å². The fourth-order valence-electron chi connectivity index (χ4n) is 3.32. The quantitative estimate of drug-likeness (QED) is 0.662. The van der Waals surface area contributed by atoms with Crippen LogP contribution >= 0.6 is 11.6 Å². The third-order valence-electron chi connectivity index (χ3n) is 4.88. The molecule has 2 aromatic carbocycles. The Labute approximate surface area is 163 Å². The van der Waals surface area contributed by atoms with Crippen LogP contribution in [0.2, 0.25) is 5.02 Å². The Hall–Kier alpha value is -2.66. The minimum atomic E-state index is -0.0593. The second-order valence-corrected chi connectivity index (χ2v) is 7.38. The van der Waals surface area contributed by atoms with Gasteiger partial charge >= 0.3 is 0 Å². The number of hydrogen-bond donors (Lipinski definition) is 0. The van der Waals surface area contributed by atoms with Crippen LogP contribution < -0.4 is 0 Å². The summed E-state index contributed by atoms with van der Waals surface area (Å²) in [4.78, 5) is 18.7. The van der Waals surface area contributed by atoms with Gasteiger partial charge in [0.15, 0.2) is 0 Å². The summed E-state index contributed by atoms with van der Waals surface area (Å²) in [5, 5.41) is 4.67. The van der Waals surface area contributed by atoms with Crippen LogP contribution in [-0.2, 0) is 11.2 Å². The molecule has 1 unspecified atom stereocenters. The second-order valence-electron chi connectivity index (χ2n) is 6.94. The number of carbonyl (C=O) groups excluding carboxylic acids is 1. The lowest BCUT2D eigenvalue weighted by Gasteiger charge is -2.15. The van der Waals surface area contributed by atoms with E-state index >= 15 is 0 Å². The second kappa shape index (κ2) is 7.53. The van der Waals surface area contributed by atoms with Crippen molar-refractivity contribution in [1.29, 1.82) is 0 Å². The van der Waals surface area contributed by atoms with Gasteiger partial charge in [-0.15, -0.1) is 0 Å². The molecule has 3 aromatic rings. The zero-order chi connectivity index (χ0) is 18.8. The number of halogens is 1. The Balaban J connectivity index is 1.41. The van der Waals surface area contributed by atoms with Crippen LogP contribution in [0.5, 0.6) is 0 Å². The molecule has 1 aliphatic heterocycles. The predicted molar refractivity (Wildman–Crippen MR) is 104 cm³/mol.